The number of aromatic nitrogens is 1. The summed E-state index contributed by atoms with van der Waals surface area (Å²) in [5.74, 6) is 0.866. The second-order valence-corrected chi connectivity index (χ2v) is 3.54. The quantitative estimate of drug-likeness (QED) is 0.751. The first-order chi connectivity index (χ1) is 8.40. The predicted molar refractivity (Wildman–Crippen MR) is 68.5 cm³/mol. The first-order valence-corrected chi connectivity index (χ1v) is 5.43. The molecule has 0 aliphatic carbocycles. The third-order valence-electron chi connectivity index (χ3n) is 2.37. The van der Waals surface area contributed by atoms with Gasteiger partial charge in [-0.3, -0.25) is 9.98 Å². The molecule has 0 atom stereocenters. The van der Waals surface area contributed by atoms with Gasteiger partial charge < -0.3 is 4.74 Å². The zero-order valence-corrected chi connectivity index (χ0v) is 9.71. The van der Waals surface area contributed by atoms with E-state index < -0.39 is 0 Å². The van der Waals surface area contributed by atoms with Gasteiger partial charge in [-0.05, 0) is 18.2 Å². The van der Waals surface area contributed by atoms with Crippen LogP contribution < -0.4 is 4.74 Å². The fraction of sp³-hybridized carbons (Fsp3) is 0.143. The molecule has 0 N–H and O–H groups in total. The molecule has 0 saturated heterocycles. The van der Waals surface area contributed by atoms with Crippen LogP contribution in [0.5, 0.6) is 5.75 Å². The minimum Gasteiger partial charge on any atom is -0.496 e. The van der Waals surface area contributed by atoms with E-state index >= 15 is 0 Å². The van der Waals surface area contributed by atoms with Gasteiger partial charge in [-0.15, -0.1) is 0 Å². The molecule has 3 nitrogen and oxygen atoms in total. The minimum atomic E-state index is 0.598. The van der Waals surface area contributed by atoms with Gasteiger partial charge in [0, 0.05) is 18.0 Å². The predicted octanol–water partition coefficient (Wildman–Crippen LogP) is 2.71. The second kappa shape index (κ2) is 5.80. The van der Waals surface area contributed by atoms with Gasteiger partial charge >= 0.3 is 0 Å². The number of benzene rings is 1. The Hall–Kier alpha value is -2.16. The summed E-state index contributed by atoms with van der Waals surface area (Å²) in [5.41, 5.74) is 1.93. The Morgan fingerprint density at radius 3 is 2.76 bits per heavy atom. The van der Waals surface area contributed by atoms with E-state index in [1.807, 2.05) is 42.5 Å². The van der Waals surface area contributed by atoms with Crippen molar-refractivity contribution in [3.63, 3.8) is 0 Å². The molecule has 3 heteroatoms. The molecule has 0 radical (unpaired) electrons. The average Bonchev–Trinajstić information content (AvgIpc) is 2.40. The summed E-state index contributed by atoms with van der Waals surface area (Å²) in [4.78, 5) is 8.52. The van der Waals surface area contributed by atoms with Crippen molar-refractivity contribution in [1.82, 2.24) is 4.98 Å². The number of rotatable bonds is 4. The van der Waals surface area contributed by atoms with Crippen molar-refractivity contribution in [2.45, 2.75) is 6.54 Å². The summed E-state index contributed by atoms with van der Waals surface area (Å²) in [6.07, 6.45) is 3.52. The highest BCUT2D eigenvalue weighted by Crippen LogP contribution is 2.17. The Balaban J connectivity index is 2.05. The maximum absolute atomic E-state index is 5.26. The van der Waals surface area contributed by atoms with E-state index in [9.17, 15) is 0 Å². The van der Waals surface area contributed by atoms with Crippen molar-refractivity contribution >= 4 is 6.21 Å². The Morgan fingerprint density at radius 2 is 2.00 bits per heavy atom. The fourth-order valence-electron chi connectivity index (χ4n) is 1.52. The summed E-state index contributed by atoms with van der Waals surface area (Å²) in [6, 6.07) is 13.6. The van der Waals surface area contributed by atoms with E-state index in [4.69, 9.17) is 4.74 Å². The van der Waals surface area contributed by atoms with Crippen LogP contribution in [0.4, 0.5) is 0 Å². The second-order valence-electron chi connectivity index (χ2n) is 3.54. The Morgan fingerprint density at radius 1 is 1.18 bits per heavy atom. The Labute approximate surface area is 101 Å². The van der Waals surface area contributed by atoms with Crippen molar-refractivity contribution in [3.05, 3.63) is 59.9 Å². The van der Waals surface area contributed by atoms with Crippen LogP contribution >= 0.6 is 0 Å². The number of methoxy groups -OCH3 is 1. The smallest absolute Gasteiger partial charge is 0.123 e. The standard InChI is InChI=1S/C14H14N2O/c1-17-14-8-3-2-6-12(14)10-15-11-13-7-4-5-9-16-13/h2-9,11H,10H2,1H3. The molecule has 17 heavy (non-hydrogen) atoms. The molecule has 2 rings (SSSR count). The van der Waals surface area contributed by atoms with Gasteiger partial charge in [-0.2, -0.15) is 0 Å². The first-order valence-electron chi connectivity index (χ1n) is 5.43. The van der Waals surface area contributed by atoms with E-state index in [-0.39, 0.29) is 0 Å². The molecule has 1 heterocycles. The normalized spacial score (nSPS) is 10.6. The zero-order chi connectivity index (χ0) is 11.9. The molecule has 0 amide bonds. The van der Waals surface area contributed by atoms with Crippen LogP contribution in [-0.2, 0) is 6.54 Å². The fourth-order valence-corrected chi connectivity index (χ4v) is 1.52. The lowest BCUT2D eigenvalue weighted by Crippen LogP contribution is -1.91. The molecule has 1 aromatic carbocycles. The van der Waals surface area contributed by atoms with Crippen molar-refractivity contribution in [2.24, 2.45) is 4.99 Å². The molecule has 0 saturated carbocycles. The van der Waals surface area contributed by atoms with Crippen molar-refractivity contribution < 1.29 is 4.74 Å². The van der Waals surface area contributed by atoms with Crippen LogP contribution in [0.2, 0.25) is 0 Å². The summed E-state index contributed by atoms with van der Waals surface area (Å²) in [6.45, 7) is 0.598. The average molecular weight is 226 g/mol. The van der Waals surface area contributed by atoms with Crippen LogP contribution in [0.25, 0.3) is 0 Å². The SMILES string of the molecule is COc1ccccc1CN=Cc1ccccn1. The van der Waals surface area contributed by atoms with Gasteiger partial charge in [0.25, 0.3) is 0 Å². The third kappa shape index (κ3) is 3.14. The molecule has 0 unspecified atom stereocenters. The lowest BCUT2D eigenvalue weighted by molar-refractivity contribution is 0.410. The highest BCUT2D eigenvalue weighted by Gasteiger charge is 1.98. The summed E-state index contributed by atoms with van der Waals surface area (Å²) >= 11 is 0. The Bertz CT molecular complexity index is 495. The lowest BCUT2D eigenvalue weighted by atomic mass is 10.2. The molecular formula is C14H14N2O. The number of para-hydroxylation sites is 1. The number of aliphatic imine (C=N–C) groups is 1. The number of pyridine rings is 1. The topological polar surface area (TPSA) is 34.5 Å². The lowest BCUT2D eigenvalue weighted by Gasteiger charge is -2.04. The van der Waals surface area contributed by atoms with Crippen LogP contribution in [-0.4, -0.2) is 18.3 Å². The monoisotopic (exact) mass is 226 g/mol. The van der Waals surface area contributed by atoms with E-state index in [0.717, 1.165) is 17.0 Å². The molecule has 0 spiro atoms. The number of hydrogen-bond donors (Lipinski definition) is 0. The van der Waals surface area contributed by atoms with Crippen molar-refractivity contribution in [1.29, 1.82) is 0 Å². The van der Waals surface area contributed by atoms with Gasteiger partial charge in [-0.1, -0.05) is 24.3 Å². The van der Waals surface area contributed by atoms with Gasteiger partial charge in [0.1, 0.15) is 5.75 Å². The maximum atomic E-state index is 5.26. The first kappa shape index (κ1) is 11.3. The molecule has 0 bridgehead atoms. The molecule has 0 aliphatic heterocycles. The van der Waals surface area contributed by atoms with Crippen LogP contribution in [0.3, 0.4) is 0 Å². The van der Waals surface area contributed by atoms with Crippen LogP contribution in [0.15, 0.2) is 53.7 Å². The van der Waals surface area contributed by atoms with Crippen LogP contribution in [0, 0.1) is 0 Å². The highest BCUT2D eigenvalue weighted by molar-refractivity contribution is 5.76. The van der Waals surface area contributed by atoms with Crippen molar-refractivity contribution in [2.75, 3.05) is 7.11 Å². The molecule has 0 fully saturated rings. The third-order valence-corrected chi connectivity index (χ3v) is 2.37. The van der Waals surface area contributed by atoms with E-state index in [2.05, 4.69) is 9.98 Å². The minimum absolute atomic E-state index is 0.598. The largest absolute Gasteiger partial charge is 0.496 e. The summed E-state index contributed by atoms with van der Waals surface area (Å²) in [5, 5.41) is 0. The molecule has 0 aliphatic rings. The maximum Gasteiger partial charge on any atom is 0.123 e. The van der Waals surface area contributed by atoms with Gasteiger partial charge in [0.15, 0.2) is 0 Å². The van der Waals surface area contributed by atoms with Crippen molar-refractivity contribution in [3.8, 4) is 5.75 Å². The molecule has 86 valence electrons. The van der Waals surface area contributed by atoms with E-state index in [1.165, 1.54) is 0 Å². The molecular weight excluding hydrogens is 212 g/mol. The van der Waals surface area contributed by atoms with Gasteiger partial charge in [0.2, 0.25) is 0 Å². The summed E-state index contributed by atoms with van der Waals surface area (Å²) in [7, 11) is 1.67. The molecule has 2 aromatic rings. The Kier molecular flexibility index (Phi) is 3.86. The van der Waals surface area contributed by atoms with E-state index in [0.29, 0.717) is 6.54 Å². The van der Waals surface area contributed by atoms with E-state index in [1.54, 1.807) is 19.5 Å². The number of ether oxygens (including phenoxy) is 1. The zero-order valence-electron chi connectivity index (χ0n) is 9.71. The van der Waals surface area contributed by atoms with Crippen LogP contribution in [0.1, 0.15) is 11.3 Å². The number of nitrogens with zero attached hydrogens (tertiary/aromatic N) is 2. The number of hydrogen-bond acceptors (Lipinski definition) is 3. The highest BCUT2D eigenvalue weighted by atomic mass is 16.5. The van der Waals surface area contributed by atoms with Gasteiger partial charge in [-0.25, -0.2) is 0 Å². The summed E-state index contributed by atoms with van der Waals surface area (Å²) < 4.78 is 5.26. The van der Waals surface area contributed by atoms with Gasteiger partial charge in [0.05, 0.1) is 19.3 Å². The molecule has 1 aromatic heterocycles.